The molecule has 4 nitrogen and oxygen atoms in total. The lowest BCUT2D eigenvalue weighted by molar-refractivity contribution is -0.161. The summed E-state index contributed by atoms with van der Waals surface area (Å²) in [5.74, 6) is -1.38. The fourth-order valence-corrected chi connectivity index (χ4v) is 4.16. The highest BCUT2D eigenvalue weighted by Gasteiger charge is 2.59. The zero-order valence-corrected chi connectivity index (χ0v) is 17.3. The van der Waals surface area contributed by atoms with Crippen LogP contribution in [0.25, 0.3) is 0 Å². The monoisotopic (exact) mass is 400 g/mol. The van der Waals surface area contributed by atoms with Crippen molar-refractivity contribution < 1.29 is 19.1 Å². The van der Waals surface area contributed by atoms with Gasteiger partial charge in [0.1, 0.15) is 22.7 Å². The molecule has 1 aliphatic heterocycles. The van der Waals surface area contributed by atoms with E-state index in [1.807, 2.05) is 99.6 Å². The van der Waals surface area contributed by atoms with E-state index in [2.05, 4.69) is 0 Å². The second-order valence-corrected chi connectivity index (χ2v) is 8.44. The summed E-state index contributed by atoms with van der Waals surface area (Å²) < 4.78 is 11.5. The number of carbonyl (C=O) groups excluding carboxylic acids is 2. The third kappa shape index (κ3) is 3.28. The van der Waals surface area contributed by atoms with E-state index in [1.54, 1.807) is 6.07 Å². The molecule has 4 rings (SSSR count). The van der Waals surface area contributed by atoms with Gasteiger partial charge >= 0.3 is 11.9 Å². The van der Waals surface area contributed by atoms with Crippen molar-refractivity contribution >= 4 is 11.9 Å². The molecule has 0 aliphatic carbocycles. The molecule has 152 valence electrons. The predicted molar refractivity (Wildman–Crippen MR) is 114 cm³/mol. The Labute approximate surface area is 176 Å². The predicted octanol–water partition coefficient (Wildman–Crippen LogP) is 5.02. The molecule has 0 aromatic heterocycles. The van der Waals surface area contributed by atoms with Crippen molar-refractivity contribution in [1.29, 1.82) is 0 Å². The van der Waals surface area contributed by atoms with Crippen molar-refractivity contribution in [1.82, 2.24) is 0 Å². The molecule has 0 amide bonds. The van der Waals surface area contributed by atoms with Gasteiger partial charge in [0, 0.05) is 5.56 Å². The quantitative estimate of drug-likeness (QED) is 0.456. The van der Waals surface area contributed by atoms with Crippen molar-refractivity contribution in [3.05, 3.63) is 102 Å². The summed E-state index contributed by atoms with van der Waals surface area (Å²) in [7, 11) is 0. The molecule has 2 atom stereocenters. The maximum atomic E-state index is 13.7. The average Bonchev–Trinajstić information content (AvgIpc) is 3.01. The number of benzene rings is 3. The van der Waals surface area contributed by atoms with Gasteiger partial charge in [0.2, 0.25) is 0 Å². The van der Waals surface area contributed by atoms with Crippen LogP contribution in [0.15, 0.2) is 84.9 Å². The first-order valence-corrected chi connectivity index (χ1v) is 9.99. The SMILES string of the molecule is CC(C)(C)OC(=O)[C@@H](c1ccccc1)[C@@]1(c2ccccc2)C(=O)Oc2ccccc21. The Morgan fingerprint density at radius 3 is 2.07 bits per heavy atom. The first kappa shape index (κ1) is 19.9. The summed E-state index contributed by atoms with van der Waals surface area (Å²) >= 11 is 0. The maximum Gasteiger partial charge on any atom is 0.327 e. The molecule has 30 heavy (non-hydrogen) atoms. The highest BCUT2D eigenvalue weighted by Crippen LogP contribution is 2.53. The van der Waals surface area contributed by atoms with Crippen LogP contribution in [-0.2, 0) is 19.7 Å². The molecular weight excluding hydrogens is 376 g/mol. The van der Waals surface area contributed by atoms with Crippen LogP contribution in [0.2, 0.25) is 0 Å². The number of fused-ring (bicyclic) bond motifs is 1. The number of ether oxygens (including phenoxy) is 2. The summed E-state index contributed by atoms with van der Waals surface area (Å²) in [5, 5.41) is 0. The summed E-state index contributed by atoms with van der Waals surface area (Å²) in [4.78, 5) is 27.3. The van der Waals surface area contributed by atoms with E-state index in [0.717, 1.165) is 0 Å². The van der Waals surface area contributed by atoms with Crippen LogP contribution in [0.5, 0.6) is 5.75 Å². The number of hydrogen-bond donors (Lipinski definition) is 0. The van der Waals surface area contributed by atoms with E-state index in [-0.39, 0.29) is 0 Å². The van der Waals surface area contributed by atoms with Crippen molar-refractivity contribution in [2.75, 3.05) is 0 Å². The third-order valence-corrected chi connectivity index (χ3v) is 5.27. The fraction of sp³-hybridized carbons (Fsp3) is 0.231. The van der Waals surface area contributed by atoms with E-state index in [4.69, 9.17) is 9.47 Å². The average molecular weight is 400 g/mol. The van der Waals surface area contributed by atoms with Crippen molar-refractivity contribution in [3.63, 3.8) is 0 Å². The van der Waals surface area contributed by atoms with Gasteiger partial charge in [-0.2, -0.15) is 0 Å². The lowest BCUT2D eigenvalue weighted by atomic mass is 9.64. The molecule has 0 fully saturated rings. The standard InChI is InChI=1S/C26H24O4/c1-25(2,3)30-23(27)22(18-12-6-4-7-13-18)26(19-14-8-5-9-15-19)20-16-10-11-17-21(20)29-24(26)28/h4-17,22H,1-3H3/t22-,26+/m1/s1. The van der Waals surface area contributed by atoms with Crippen LogP contribution in [0, 0.1) is 0 Å². The first-order chi connectivity index (χ1) is 14.3. The lowest BCUT2D eigenvalue weighted by Gasteiger charge is -2.35. The van der Waals surface area contributed by atoms with Crippen LogP contribution < -0.4 is 4.74 Å². The van der Waals surface area contributed by atoms with Gasteiger partial charge in [0.15, 0.2) is 0 Å². The Morgan fingerprint density at radius 2 is 1.43 bits per heavy atom. The topological polar surface area (TPSA) is 52.6 Å². The van der Waals surface area contributed by atoms with Gasteiger partial charge < -0.3 is 9.47 Å². The van der Waals surface area contributed by atoms with Crippen LogP contribution in [0.1, 0.15) is 43.4 Å². The molecule has 0 saturated heterocycles. The molecule has 1 heterocycles. The smallest absolute Gasteiger partial charge is 0.327 e. The van der Waals surface area contributed by atoms with E-state index in [9.17, 15) is 9.59 Å². The summed E-state index contributed by atoms with van der Waals surface area (Å²) in [5.41, 5.74) is 0.00999. The third-order valence-electron chi connectivity index (χ3n) is 5.27. The lowest BCUT2D eigenvalue weighted by Crippen LogP contribution is -2.46. The molecule has 0 bridgehead atoms. The number of esters is 2. The zero-order chi connectivity index (χ0) is 21.4. The van der Waals surface area contributed by atoms with Gasteiger partial charge in [-0.3, -0.25) is 9.59 Å². The number of para-hydroxylation sites is 1. The fourth-order valence-electron chi connectivity index (χ4n) is 4.16. The van der Waals surface area contributed by atoms with Gasteiger partial charge in [0.05, 0.1) is 0 Å². The van der Waals surface area contributed by atoms with Gasteiger partial charge in [-0.1, -0.05) is 78.9 Å². The van der Waals surface area contributed by atoms with Gasteiger partial charge in [-0.25, -0.2) is 0 Å². The van der Waals surface area contributed by atoms with Gasteiger partial charge in [0.25, 0.3) is 0 Å². The highest BCUT2D eigenvalue weighted by molar-refractivity contribution is 6.01. The summed E-state index contributed by atoms with van der Waals surface area (Å²) in [6.07, 6.45) is 0. The van der Waals surface area contributed by atoms with Crippen molar-refractivity contribution in [3.8, 4) is 5.75 Å². The Morgan fingerprint density at radius 1 is 0.867 bits per heavy atom. The molecule has 0 radical (unpaired) electrons. The van der Waals surface area contributed by atoms with Gasteiger partial charge in [-0.15, -0.1) is 0 Å². The summed E-state index contributed by atoms with van der Waals surface area (Å²) in [6, 6.07) is 25.9. The highest BCUT2D eigenvalue weighted by atomic mass is 16.6. The minimum absolute atomic E-state index is 0.466. The largest absolute Gasteiger partial charge is 0.459 e. The molecule has 1 aliphatic rings. The second kappa shape index (κ2) is 7.45. The number of carbonyl (C=O) groups is 2. The van der Waals surface area contributed by atoms with Crippen LogP contribution in [0.4, 0.5) is 0 Å². The normalized spacial score (nSPS) is 19.0. The first-order valence-electron chi connectivity index (χ1n) is 9.99. The Hall–Kier alpha value is -3.40. The van der Waals surface area contributed by atoms with E-state index in [0.29, 0.717) is 22.4 Å². The molecule has 3 aromatic rings. The molecular formula is C26H24O4. The summed E-state index contributed by atoms with van der Waals surface area (Å²) in [6.45, 7) is 5.47. The van der Waals surface area contributed by atoms with Crippen molar-refractivity contribution in [2.24, 2.45) is 0 Å². The Balaban J connectivity index is 2.03. The Kier molecular flexibility index (Phi) is 4.94. The molecule has 4 heteroatoms. The van der Waals surface area contributed by atoms with E-state index in [1.165, 1.54) is 0 Å². The molecule has 0 saturated carbocycles. The van der Waals surface area contributed by atoms with Crippen LogP contribution in [-0.4, -0.2) is 17.5 Å². The van der Waals surface area contributed by atoms with E-state index < -0.39 is 28.9 Å². The van der Waals surface area contributed by atoms with Crippen molar-refractivity contribution in [2.45, 2.75) is 37.7 Å². The number of rotatable bonds is 4. The van der Waals surface area contributed by atoms with Crippen LogP contribution in [0.3, 0.4) is 0 Å². The van der Waals surface area contributed by atoms with Crippen LogP contribution >= 0.6 is 0 Å². The molecule has 3 aromatic carbocycles. The zero-order valence-electron chi connectivity index (χ0n) is 17.3. The minimum Gasteiger partial charge on any atom is -0.459 e. The molecule has 0 unspecified atom stereocenters. The molecule has 0 N–H and O–H groups in total. The van der Waals surface area contributed by atoms with E-state index >= 15 is 0 Å². The molecule has 0 spiro atoms. The maximum absolute atomic E-state index is 13.7. The minimum atomic E-state index is -1.35. The van der Waals surface area contributed by atoms with Gasteiger partial charge in [-0.05, 0) is 38.0 Å². The second-order valence-electron chi connectivity index (χ2n) is 8.44. The Bertz CT molecular complexity index is 1070. The number of hydrogen-bond acceptors (Lipinski definition) is 4.